The number of para-hydroxylation sites is 1. The number of anilines is 1. The van der Waals surface area contributed by atoms with Crippen molar-refractivity contribution in [2.75, 3.05) is 5.73 Å². The second-order valence-corrected chi connectivity index (χ2v) is 4.69. The quantitative estimate of drug-likeness (QED) is 0.777. The Morgan fingerprint density at radius 3 is 2.89 bits per heavy atom. The molecule has 3 rings (SSSR count). The maximum absolute atomic E-state index is 6.01. The molecule has 0 aliphatic heterocycles. The highest BCUT2D eigenvalue weighted by molar-refractivity contribution is 5.81. The van der Waals surface area contributed by atoms with Crippen molar-refractivity contribution in [1.82, 2.24) is 19.3 Å². The van der Waals surface area contributed by atoms with Gasteiger partial charge in [0, 0.05) is 25.5 Å². The number of fused-ring (bicyclic) bond motifs is 1. The standard InChI is InChI=1S/C14H17N5/c1-11-5-2-6-12-13(11)17-14(15)19(12)10-4-9-18-8-3-7-16-18/h2-3,5-8H,4,9-10H2,1H3,(H2,15,17). The van der Waals surface area contributed by atoms with E-state index >= 15 is 0 Å². The van der Waals surface area contributed by atoms with Crippen molar-refractivity contribution in [1.29, 1.82) is 0 Å². The van der Waals surface area contributed by atoms with Gasteiger partial charge in [-0.1, -0.05) is 12.1 Å². The molecule has 2 aromatic heterocycles. The smallest absolute Gasteiger partial charge is 0.201 e. The second kappa shape index (κ2) is 4.76. The summed E-state index contributed by atoms with van der Waals surface area (Å²) in [6.07, 6.45) is 4.75. The highest BCUT2D eigenvalue weighted by Crippen LogP contribution is 2.21. The van der Waals surface area contributed by atoms with Crippen LogP contribution in [0.15, 0.2) is 36.7 Å². The number of rotatable bonds is 4. The van der Waals surface area contributed by atoms with Gasteiger partial charge in [-0.15, -0.1) is 0 Å². The van der Waals surface area contributed by atoms with E-state index in [-0.39, 0.29) is 0 Å². The van der Waals surface area contributed by atoms with Gasteiger partial charge in [-0.25, -0.2) is 4.98 Å². The first-order valence-electron chi connectivity index (χ1n) is 6.44. The zero-order valence-electron chi connectivity index (χ0n) is 11.0. The van der Waals surface area contributed by atoms with Gasteiger partial charge < -0.3 is 10.3 Å². The molecule has 0 saturated carbocycles. The number of nitrogens with zero attached hydrogens (tertiary/aromatic N) is 4. The van der Waals surface area contributed by atoms with Crippen molar-refractivity contribution in [2.24, 2.45) is 0 Å². The summed E-state index contributed by atoms with van der Waals surface area (Å²) in [5, 5.41) is 4.19. The van der Waals surface area contributed by atoms with Gasteiger partial charge in [0.1, 0.15) is 0 Å². The Balaban J connectivity index is 1.81. The second-order valence-electron chi connectivity index (χ2n) is 4.69. The maximum Gasteiger partial charge on any atom is 0.201 e. The van der Waals surface area contributed by atoms with Gasteiger partial charge in [0.15, 0.2) is 0 Å². The van der Waals surface area contributed by atoms with Crippen LogP contribution < -0.4 is 5.73 Å². The molecule has 1 aromatic carbocycles. The third kappa shape index (κ3) is 2.19. The molecule has 0 fully saturated rings. The summed E-state index contributed by atoms with van der Waals surface area (Å²) in [5.41, 5.74) is 9.28. The van der Waals surface area contributed by atoms with Crippen molar-refractivity contribution in [3.8, 4) is 0 Å². The zero-order chi connectivity index (χ0) is 13.2. The Bertz CT molecular complexity index is 681. The molecule has 3 aromatic rings. The predicted molar refractivity (Wildman–Crippen MR) is 75.7 cm³/mol. The highest BCUT2D eigenvalue weighted by atomic mass is 15.3. The van der Waals surface area contributed by atoms with E-state index in [4.69, 9.17) is 5.73 Å². The van der Waals surface area contributed by atoms with Crippen LogP contribution in [0.25, 0.3) is 11.0 Å². The molecule has 2 N–H and O–H groups in total. The first kappa shape index (κ1) is 11.8. The fourth-order valence-corrected chi connectivity index (χ4v) is 2.36. The fourth-order valence-electron chi connectivity index (χ4n) is 2.36. The van der Waals surface area contributed by atoms with Gasteiger partial charge in [0.2, 0.25) is 5.95 Å². The number of aromatic nitrogens is 4. The molecule has 0 atom stereocenters. The summed E-state index contributed by atoms with van der Waals surface area (Å²) >= 11 is 0. The molecule has 0 aliphatic carbocycles. The van der Waals surface area contributed by atoms with Crippen LogP contribution in [0.2, 0.25) is 0 Å². The topological polar surface area (TPSA) is 61.7 Å². The van der Waals surface area contributed by atoms with Crippen LogP contribution in [-0.2, 0) is 13.1 Å². The van der Waals surface area contributed by atoms with E-state index in [1.54, 1.807) is 6.20 Å². The first-order chi connectivity index (χ1) is 9.25. The van der Waals surface area contributed by atoms with Crippen LogP contribution in [0.3, 0.4) is 0 Å². The van der Waals surface area contributed by atoms with Crippen molar-refractivity contribution < 1.29 is 0 Å². The number of imidazole rings is 1. The number of hydrogen-bond donors (Lipinski definition) is 1. The van der Waals surface area contributed by atoms with Crippen molar-refractivity contribution in [3.05, 3.63) is 42.2 Å². The molecule has 5 nitrogen and oxygen atoms in total. The van der Waals surface area contributed by atoms with E-state index in [0.717, 1.165) is 36.1 Å². The van der Waals surface area contributed by atoms with Crippen LogP contribution in [0, 0.1) is 6.92 Å². The van der Waals surface area contributed by atoms with E-state index in [1.807, 2.05) is 23.0 Å². The molecule has 0 saturated heterocycles. The third-order valence-electron chi connectivity index (χ3n) is 3.34. The van der Waals surface area contributed by atoms with E-state index in [1.165, 1.54) is 0 Å². The Morgan fingerprint density at radius 1 is 1.21 bits per heavy atom. The van der Waals surface area contributed by atoms with Gasteiger partial charge in [-0.05, 0) is 31.0 Å². The fraction of sp³-hybridized carbons (Fsp3) is 0.286. The summed E-state index contributed by atoms with van der Waals surface area (Å²) in [4.78, 5) is 4.45. The van der Waals surface area contributed by atoms with Crippen LogP contribution in [-0.4, -0.2) is 19.3 Å². The molecule has 0 aliphatic rings. The van der Waals surface area contributed by atoms with Crippen molar-refractivity contribution in [2.45, 2.75) is 26.4 Å². The zero-order valence-corrected chi connectivity index (χ0v) is 11.0. The number of nitrogen functional groups attached to an aromatic ring is 1. The molecule has 2 heterocycles. The summed E-state index contributed by atoms with van der Waals surface area (Å²) in [5.74, 6) is 0.588. The minimum absolute atomic E-state index is 0.588. The van der Waals surface area contributed by atoms with Gasteiger partial charge >= 0.3 is 0 Å². The van der Waals surface area contributed by atoms with E-state index in [9.17, 15) is 0 Å². The first-order valence-corrected chi connectivity index (χ1v) is 6.44. The Labute approximate surface area is 111 Å². The van der Waals surface area contributed by atoms with E-state index in [2.05, 4.69) is 33.7 Å². The predicted octanol–water partition coefficient (Wildman–Crippen LogP) is 2.21. The molecule has 0 amide bonds. The van der Waals surface area contributed by atoms with E-state index in [0.29, 0.717) is 5.95 Å². The van der Waals surface area contributed by atoms with Gasteiger partial charge in [0.05, 0.1) is 11.0 Å². The van der Waals surface area contributed by atoms with Crippen LogP contribution in [0.1, 0.15) is 12.0 Å². The third-order valence-corrected chi connectivity index (χ3v) is 3.34. The van der Waals surface area contributed by atoms with Crippen LogP contribution >= 0.6 is 0 Å². The van der Waals surface area contributed by atoms with Crippen LogP contribution in [0.5, 0.6) is 0 Å². The normalized spacial score (nSPS) is 11.2. The molecule has 0 radical (unpaired) electrons. The van der Waals surface area contributed by atoms with Crippen molar-refractivity contribution >= 4 is 17.0 Å². The maximum atomic E-state index is 6.01. The lowest BCUT2D eigenvalue weighted by Crippen LogP contribution is -2.07. The monoisotopic (exact) mass is 255 g/mol. The minimum Gasteiger partial charge on any atom is -0.369 e. The highest BCUT2D eigenvalue weighted by Gasteiger charge is 2.09. The molecule has 5 heteroatoms. The van der Waals surface area contributed by atoms with E-state index < -0.39 is 0 Å². The molecule has 19 heavy (non-hydrogen) atoms. The molecular formula is C14H17N5. The number of aryl methyl sites for hydroxylation is 3. The number of benzene rings is 1. The molecule has 0 spiro atoms. The lowest BCUT2D eigenvalue weighted by atomic mass is 10.2. The molecule has 98 valence electrons. The minimum atomic E-state index is 0.588. The molecule has 0 bridgehead atoms. The summed E-state index contributed by atoms with van der Waals surface area (Å²) in [6.45, 7) is 3.80. The van der Waals surface area contributed by atoms with Gasteiger partial charge in [-0.2, -0.15) is 5.10 Å². The van der Waals surface area contributed by atoms with Crippen molar-refractivity contribution in [3.63, 3.8) is 0 Å². The summed E-state index contributed by atoms with van der Waals surface area (Å²) < 4.78 is 4.01. The lowest BCUT2D eigenvalue weighted by Gasteiger charge is -2.06. The Kier molecular flexibility index (Phi) is 2.95. The van der Waals surface area contributed by atoms with Crippen LogP contribution in [0.4, 0.5) is 5.95 Å². The van der Waals surface area contributed by atoms with Gasteiger partial charge in [0.25, 0.3) is 0 Å². The largest absolute Gasteiger partial charge is 0.369 e. The summed E-state index contributed by atoms with van der Waals surface area (Å²) in [6, 6.07) is 8.11. The SMILES string of the molecule is Cc1cccc2c1nc(N)n2CCCn1cccn1. The Morgan fingerprint density at radius 2 is 2.11 bits per heavy atom. The lowest BCUT2D eigenvalue weighted by molar-refractivity contribution is 0.535. The van der Waals surface area contributed by atoms with Gasteiger partial charge in [-0.3, -0.25) is 4.68 Å². The number of hydrogen-bond acceptors (Lipinski definition) is 3. The summed E-state index contributed by atoms with van der Waals surface area (Å²) in [7, 11) is 0. The number of nitrogens with two attached hydrogens (primary N) is 1. The molecule has 0 unspecified atom stereocenters. The average molecular weight is 255 g/mol. The Hall–Kier alpha value is -2.30. The average Bonchev–Trinajstić information content (AvgIpc) is 3.00. The molecular weight excluding hydrogens is 238 g/mol.